The van der Waals surface area contributed by atoms with E-state index in [-0.39, 0.29) is 11.5 Å². The van der Waals surface area contributed by atoms with Gasteiger partial charge in [-0.1, -0.05) is 152 Å². The molecule has 0 spiro atoms. The Morgan fingerprint density at radius 3 is 1.04 bits per heavy atom. The molecule has 6 heteroatoms. The van der Waals surface area contributed by atoms with Gasteiger partial charge in [-0.05, 0) is 34.4 Å². The third-order valence-corrected chi connectivity index (χ3v) is 7.98. The fourth-order valence-electron chi connectivity index (χ4n) is 5.84. The van der Waals surface area contributed by atoms with Gasteiger partial charge < -0.3 is 10.2 Å². The van der Waals surface area contributed by atoms with Crippen molar-refractivity contribution in [2.75, 3.05) is 0 Å². The summed E-state index contributed by atoms with van der Waals surface area (Å²) in [7, 11) is 9.87. The number of rotatable bonds is 6. The second-order valence-corrected chi connectivity index (χ2v) is 14.4. The third-order valence-electron chi connectivity index (χ3n) is 7.98. The average Bonchev–Trinajstić information content (AvgIpc) is 3.13. The topological polar surface area (TPSA) is 53.4 Å². The van der Waals surface area contributed by atoms with Crippen LogP contribution < -0.4 is 0 Å². The van der Waals surface area contributed by atoms with Crippen molar-refractivity contribution in [1.29, 1.82) is 0 Å². The van der Waals surface area contributed by atoms with Crippen LogP contribution in [-0.4, -0.2) is 15.2 Å². The van der Waals surface area contributed by atoms with Crippen LogP contribution in [0, 0.1) is 0 Å². The summed E-state index contributed by atoms with van der Waals surface area (Å²) >= 11 is -0.826. The number of halogens is 2. The fraction of sp³-hybridized carbons (Fsp3) is 0. The Labute approximate surface area is 293 Å². The number of nitrogens with zero attached hydrogens (tertiary/aromatic N) is 1. The van der Waals surface area contributed by atoms with Crippen LogP contribution in [0.25, 0.3) is 67.0 Å². The molecule has 3 nitrogen and oxygen atoms in total. The molecule has 0 bridgehead atoms. The van der Waals surface area contributed by atoms with Crippen molar-refractivity contribution in [3.63, 3.8) is 0 Å². The molecular weight excluding hydrogens is 701 g/mol. The molecule has 0 aliphatic carbocycles. The quantitative estimate of drug-likeness (QED) is 0.179. The van der Waals surface area contributed by atoms with E-state index in [1.165, 1.54) is 0 Å². The van der Waals surface area contributed by atoms with E-state index >= 15 is 0 Å². The summed E-state index contributed by atoms with van der Waals surface area (Å²) in [6.07, 6.45) is 0. The third kappa shape index (κ3) is 7.11. The van der Waals surface area contributed by atoms with Crippen LogP contribution in [0.15, 0.2) is 164 Å². The first-order valence-corrected chi connectivity index (χ1v) is 21.3. The standard InChI is InChI=1S/C41H29NO2.2ClH.Zr/c43-40-30(28-14-3-1-4-15-28)22-11-24-36(40)32-18-7-9-20-34(32)38-26-13-27-39(42-38)35-21-10-8-19-33(35)37-25-12-23-31(41(37)44)29-16-5-2-6-17-29;;;/h1-27,43-44H;2*1H;/q;;;+2/p-2. The number of phenols is 2. The number of pyridine rings is 1. The SMILES string of the molecule is Oc1c(-c2ccccc2)cccc1-c1ccccc1-c1cccc(-c2ccccc2-c2cccc(-c3ccccc3)c2O)n1.[Cl][Zr][Cl]. The number of aromatic nitrogens is 1. The summed E-state index contributed by atoms with van der Waals surface area (Å²) in [6.45, 7) is 0. The van der Waals surface area contributed by atoms with E-state index in [1.807, 2.05) is 164 Å². The maximum atomic E-state index is 11.4. The molecule has 1 heterocycles. The van der Waals surface area contributed by atoms with Gasteiger partial charge in [0.1, 0.15) is 11.5 Å². The van der Waals surface area contributed by atoms with Gasteiger partial charge in [0.05, 0.1) is 11.4 Å². The van der Waals surface area contributed by atoms with Gasteiger partial charge in [-0.3, -0.25) is 0 Å². The molecule has 1 aromatic heterocycles. The monoisotopic (exact) mass is 727 g/mol. The van der Waals surface area contributed by atoms with E-state index in [2.05, 4.69) is 0 Å². The molecule has 0 aliphatic rings. The zero-order valence-corrected chi connectivity index (χ0v) is 29.2. The Hall–Kier alpha value is -4.47. The second-order valence-electron chi connectivity index (χ2n) is 10.7. The molecule has 0 saturated carbocycles. The molecule has 47 heavy (non-hydrogen) atoms. The van der Waals surface area contributed by atoms with E-state index in [0.29, 0.717) is 0 Å². The van der Waals surface area contributed by atoms with Gasteiger partial charge in [-0.2, -0.15) is 0 Å². The minimum absolute atomic E-state index is 0.237. The van der Waals surface area contributed by atoms with Crippen LogP contribution in [-0.2, 0) is 20.8 Å². The molecule has 2 N–H and O–H groups in total. The van der Waals surface area contributed by atoms with Crippen molar-refractivity contribution in [2.45, 2.75) is 0 Å². The van der Waals surface area contributed by atoms with Crippen molar-refractivity contribution in [3.8, 4) is 78.5 Å². The van der Waals surface area contributed by atoms with Gasteiger partial charge in [-0.15, -0.1) is 0 Å². The van der Waals surface area contributed by atoms with Crippen molar-refractivity contribution >= 4 is 17.0 Å². The van der Waals surface area contributed by atoms with Gasteiger partial charge in [0.2, 0.25) is 0 Å². The van der Waals surface area contributed by atoms with Crippen molar-refractivity contribution in [2.24, 2.45) is 0 Å². The van der Waals surface area contributed by atoms with Crippen molar-refractivity contribution in [3.05, 3.63) is 164 Å². The number of phenolic OH excluding ortho intramolecular Hbond substituents is 2. The average molecular weight is 730 g/mol. The predicted molar refractivity (Wildman–Crippen MR) is 192 cm³/mol. The van der Waals surface area contributed by atoms with E-state index in [0.717, 1.165) is 67.0 Å². The van der Waals surface area contributed by atoms with Crippen LogP contribution >= 0.6 is 17.0 Å². The second kappa shape index (κ2) is 15.4. The number of hydrogen-bond donors (Lipinski definition) is 2. The molecule has 0 atom stereocenters. The zero-order valence-electron chi connectivity index (χ0n) is 25.2. The number of aromatic hydroxyl groups is 2. The molecule has 0 fully saturated rings. The Bertz CT molecular complexity index is 1970. The molecule has 0 saturated heterocycles. The van der Waals surface area contributed by atoms with Crippen LogP contribution in [0.5, 0.6) is 11.5 Å². The molecule has 228 valence electrons. The fourth-order valence-corrected chi connectivity index (χ4v) is 5.84. The van der Waals surface area contributed by atoms with E-state index in [4.69, 9.17) is 22.0 Å². The van der Waals surface area contributed by atoms with Crippen molar-refractivity contribution in [1.82, 2.24) is 4.98 Å². The summed E-state index contributed by atoms with van der Waals surface area (Å²) in [5.41, 5.74) is 10.2. The van der Waals surface area contributed by atoms with E-state index < -0.39 is 20.8 Å². The van der Waals surface area contributed by atoms with E-state index in [9.17, 15) is 10.2 Å². The normalized spacial score (nSPS) is 10.5. The van der Waals surface area contributed by atoms with Crippen LogP contribution in [0.4, 0.5) is 0 Å². The Morgan fingerprint density at radius 2 is 0.638 bits per heavy atom. The number of hydrogen-bond acceptors (Lipinski definition) is 3. The summed E-state index contributed by atoms with van der Waals surface area (Å²) in [4.78, 5) is 5.14. The molecule has 7 aromatic rings. The van der Waals surface area contributed by atoms with Gasteiger partial charge in [0, 0.05) is 33.4 Å². The van der Waals surface area contributed by atoms with E-state index in [1.54, 1.807) is 0 Å². The van der Waals surface area contributed by atoms with Gasteiger partial charge in [0.25, 0.3) is 0 Å². The van der Waals surface area contributed by atoms with Crippen LogP contribution in [0.3, 0.4) is 0 Å². The molecule has 6 aromatic carbocycles. The molecule has 7 rings (SSSR count). The minimum atomic E-state index is -0.826. The number of para-hydroxylation sites is 2. The summed E-state index contributed by atoms with van der Waals surface area (Å²) in [5, 5.41) is 22.9. The zero-order chi connectivity index (χ0) is 32.6. The Morgan fingerprint density at radius 1 is 0.340 bits per heavy atom. The summed E-state index contributed by atoms with van der Waals surface area (Å²) in [6, 6.07) is 53.6. The molecular formula is C41H29Cl2NO2Zr. The van der Waals surface area contributed by atoms with Gasteiger partial charge >= 0.3 is 37.9 Å². The summed E-state index contributed by atoms with van der Waals surface area (Å²) in [5.74, 6) is 0.475. The molecule has 0 radical (unpaired) electrons. The van der Waals surface area contributed by atoms with Gasteiger partial charge in [-0.25, -0.2) is 4.98 Å². The van der Waals surface area contributed by atoms with Crippen LogP contribution in [0.1, 0.15) is 0 Å². The summed E-state index contributed by atoms with van der Waals surface area (Å²) < 4.78 is 0. The first-order valence-electron chi connectivity index (χ1n) is 15.0. The predicted octanol–water partition coefficient (Wildman–Crippen LogP) is 11.9. The first-order chi connectivity index (χ1) is 23.1. The molecule has 0 unspecified atom stereocenters. The Kier molecular flexibility index (Phi) is 10.7. The van der Waals surface area contributed by atoms with Gasteiger partial charge in [0.15, 0.2) is 0 Å². The van der Waals surface area contributed by atoms with Crippen LogP contribution in [0.2, 0.25) is 0 Å². The molecule has 0 amide bonds. The molecule has 0 aliphatic heterocycles. The van der Waals surface area contributed by atoms with Crippen molar-refractivity contribution < 1.29 is 31.1 Å². The first kappa shape index (κ1) is 32.5. The Balaban J connectivity index is 0.00000124. The number of benzene rings is 6. The maximum absolute atomic E-state index is 11.4.